The van der Waals surface area contributed by atoms with Gasteiger partial charge in [0.05, 0.1) is 10.6 Å². The maximum Gasteiger partial charge on any atom is 0.283 e. The lowest BCUT2D eigenvalue weighted by molar-refractivity contribution is -0.114. The lowest BCUT2D eigenvalue weighted by Gasteiger charge is -2.19. The maximum absolute atomic E-state index is 12.6. The van der Waals surface area contributed by atoms with Gasteiger partial charge >= 0.3 is 0 Å². The third-order valence-corrected chi connectivity index (χ3v) is 6.09. The molecule has 0 unspecified atom stereocenters. The van der Waals surface area contributed by atoms with Crippen molar-refractivity contribution < 1.29 is 9.21 Å². The zero-order valence-corrected chi connectivity index (χ0v) is 18.0. The number of rotatable bonds is 3. The Morgan fingerprint density at radius 2 is 1.87 bits per heavy atom. The average Bonchev–Trinajstić information content (AvgIpc) is 3.39. The Bertz CT molecular complexity index is 1330. The highest BCUT2D eigenvalue weighted by atomic mass is 35.5. The summed E-state index contributed by atoms with van der Waals surface area (Å²) in [4.78, 5) is 16.7. The van der Waals surface area contributed by atoms with E-state index in [9.17, 15) is 4.79 Å². The molecule has 5 rings (SSSR count). The molecule has 6 nitrogen and oxygen atoms in total. The summed E-state index contributed by atoms with van der Waals surface area (Å²) in [7, 11) is 0. The van der Waals surface area contributed by atoms with Crippen molar-refractivity contribution >= 4 is 63.0 Å². The van der Waals surface area contributed by atoms with E-state index in [1.54, 1.807) is 30.3 Å². The third kappa shape index (κ3) is 3.72. The Hall–Kier alpha value is -3.13. The number of amides is 1. The van der Waals surface area contributed by atoms with Gasteiger partial charge < -0.3 is 4.42 Å². The Kier molecular flexibility index (Phi) is 5.02. The molecule has 3 aromatic rings. The van der Waals surface area contributed by atoms with E-state index in [2.05, 4.69) is 10.1 Å². The van der Waals surface area contributed by atoms with Crippen LogP contribution in [-0.4, -0.2) is 27.0 Å². The Labute approximate surface area is 191 Å². The number of fused-ring (bicyclic) bond motifs is 1. The summed E-state index contributed by atoms with van der Waals surface area (Å²) in [6, 6.07) is 18.1. The number of halogens is 2. The van der Waals surface area contributed by atoms with Crippen LogP contribution in [0.4, 0.5) is 0 Å². The van der Waals surface area contributed by atoms with Crippen molar-refractivity contribution in [3.63, 3.8) is 0 Å². The number of amidine groups is 2. The second-order valence-corrected chi connectivity index (χ2v) is 8.42. The third-order valence-electron chi connectivity index (χ3n) is 4.59. The fraction of sp³-hybridized carbons (Fsp3) is 0. The smallest absolute Gasteiger partial charge is 0.283 e. The minimum absolute atomic E-state index is 0.0593. The molecule has 152 valence electrons. The van der Waals surface area contributed by atoms with Gasteiger partial charge in [0.1, 0.15) is 16.6 Å². The van der Waals surface area contributed by atoms with Gasteiger partial charge in [-0.3, -0.25) is 10.2 Å². The second-order valence-electron chi connectivity index (χ2n) is 6.62. The molecular formula is C22H12Cl2N4O2S. The van der Waals surface area contributed by atoms with Crippen LogP contribution in [0.3, 0.4) is 0 Å². The highest BCUT2D eigenvalue weighted by Crippen LogP contribution is 2.33. The normalized spacial score (nSPS) is 17.1. The van der Waals surface area contributed by atoms with E-state index in [1.165, 1.54) is 22.8 Å². The molecule has 2 aromatic carbocycles. The van der Waals surface area contributed by atoms with Crippen LogP contribution in [0.1, 0.15) is 11.3 Å². The summed E-state index contributed by atoms with van der Waals surface area (Å²) in [6.07, 6.45) is 1.49. The molecule has 3 heterocycles. The van der Waals surface area contributed by atoms with Crippen LogP contribution >= 0.6 is 35.0 Å². The fourth-order valence-electron chi connectivity index (χ4n) is 3.10. The number of carbonyl (C=O) groups is 1. The molecule has 0 fully saturated rings. The van der Waals surface area contributed by atoms with Crippen LogP contribution in [0.5, 0.6) is 0 Å². The topological polar surface area (TPSA) is 82.0 Å². The number of hydrazone groups is 1. The van der Waals surface area contributed by atoms with E-state index in [4.69, 9.17) is 33.0 Å². The molecule has 0 saturated carbocycles. The lowest BCUT2D eigenvalue weighted by atomic mass is 10.1. The number of carbonyl (C=O) groups excluding carboxylic acids is 1. The summed E-state index contributed by atoms with van der Waals surface area (Å²) < 4.78 is 5.83. The summed E-state index contributed by atoms with van der Waals surface area (Å²) in [6.45, 7) is 0. The number of hydrogen-bond donors (Lipinski definition) is 1. The van der Waals surface area contributed by atoms with Crippen molar-refractivity contribution in [3.05, 3.63) is 87.6 Å². The van der Waals surface area contributed by atoms with E-state index in [0.29, 0.717) is 37.3 Å². The summed E-state index contributed by atoms with van der Waals surface area (Å²) in [5, 5.41) is 16.3. The highest BCUT2D eigenvalue weighted by Gasteiger charge is 2.36. The van der Waals surface area contributed by atoms with Crippen LogP contribution in [0, 0.1) is 5.41 Å². The van der Waals surface area contributed by atoms with E-state index in [1.807, 2.05) is 30.3 Å². The first-order valence-electron chi connectivity index (χ1n) is 9.10. The molecule has 1 amide bonds. The number of benzene rings is 2. The van der Waals surface area contributed by atoms with Gasteiger partial charge in [0.15, 0.2) is 5.84 Å². The second kappa shape index (κ2) is 7.85. The Morgan fingerprint density at radius 1 is 1.06 bits per heavy atom. The van der Waals surface area contributed by atoms with Crippen molar-refractivity contribution in [2.24, 2.45) is 10.1 Å². The molecule has 2 aliphatic rings. The molecule has 0 aliphatic carbocycles. The predicted octanol–water partition coefficient (Wildman–Crippen LogP) is 5.92. The minimum Gasteiger partial charge on any atom is -0.457 e. The van der Waals surface area contributed by atoms with Crippen molar-refractivity contribution in [1.82, 2.24) is 5.01 Å². The number of furan rings is 1. The van der Waals surface area contributed by atoms with Crippen LogP contribution in [0.2, 0.25) is 10.0 Å². The first-order chi connectivity index (χ1) is 15.0. The van der Waals surface area contributed by atoms with Crippen LogP contribution in [-0.2, 0) is 4.79 Å². The van der Waals surface area contributed by atoms with Gasteiger partial charge in [0.2, 0.25) is 5.17 Å². The monoisotopic (exact) mass is 466 g/mol. The molecule has 2 aliphatic heterocycles. The molecule has 1 N–H and O–H groups in total. The predicted molar refractivity (Wildman–Crippen MR) is 125 cm³/mol. The van der Waals surface area contributed by atoms with Crippen LogP contribution < -0.4 is 0 Å². The Morgan fingerprint density at radius 3 is 2.65 bits per heavy atom. The lowest BCUT2D eigenvalue weighted by Crippen LogP contribution is -2.35. The van der Waals surface area contributed by atoms with E-state index >= 15 is 0 Å². The molecule has 0 bridgehead atoms. The Balaban J connectivity index is 1.45. The molecular weight excluding hydrogens is 455 g/mol. The molecule has 0 radical (unpaired) electrons. The molecule has 9 heteroatoms. The molecule has 0 atom stereocenters. The standard InChI is InChI=1S/C22H12Cl2N4O2S/c23-13-6-8-15(17(24)10-13)18-9-7-14(30-18)11-16-19(25)28-22(26-20(16)29)31-21(27-28)12-4-2-1-3-5-12/h1-11,25H. The zero-order valence-electron chi connectivity index (χ0n) is 15.7. The average molecular weight is 467 g/mol. The molecule has 0 spiro atoms. The summed E-state index contributed by atoms with van der Waals surface area (Å²) in [5.41, 5.74) is 1.66. The quantitative estimate of drug-likeness (QED) is 0.485. The fourth-order valence-corrected chi connectivity index (χ4v) is 4.49. The highest BCUT2D eigenvalue weighted by molar-refractivity contribution is 8.27. The number of aliphatic imine (C=N–C) groups is 1. The van der Waals surface area contributed by atoms with Crippen molar-refractivity contribution in [3.8, 4) is 11.3 Å². The van der Waals surface area contributed by atoms with E-state index in [-0.39, 0.29) is 11.4 Å². The minimum atomic E-state index is -0.518. The summed E-state index contributed by atoms with van der Waals surface area (Å²) >= 11 is 13.5. The van der Waals surface area contributed by atoms with Gasteiger partial charge in [-0.2, -0.15) is 15.1 Å². The van der Waals surface area contributed by atoms with E-state index in [0.717, 1.165) is 5.56 Å². The van der Waals surface area contributed by atoms with Gasteiger partial charge in [0, 0.05) is 16.1 Å². The largest absolute Gasteiger partial charge is 0.457 e. The molecule has 31 heavy (non-hydrogen) atoms. The van der Waals surface area contributed by atoms with Crippen molar-refractivity contribution in [2.45, 2.75) is 0 Å². The van der Waals surface area contributed by atoms with Gasteiger partial charge in [-0.1, -0.05) is 53.5 Å². The number of nitrogens with one attached hydrogen (secondary N) is 1. The van der Waals surface area contributed by atoms with Crippen LogP contribution in [0.25, 0.3) is 17.4 Å². The number of hydrogen-bond acceptors (Lipinski definition) is 5. The first kappa shape index (κ1) is 19.8. The zero-order chi connectivity index (χ0) is 21.5. The molecule has 0 saturated heterocycles. The van der Waals surface area contributed by atoms with Gasteiger partial charge in [-0.05, 0) is 48.2 Å². The van der Waals surface area contributed by atoms with E-state index < -0.39 is 5.91 Å². The summed E-state index contributed by atoms with van der Waals surface area (Å²) in [5.74, 6) is 0.340. The van der Waals surface area contributed by atoms with Gasteiger partial charge in [0.25, 0.3) is 5.91 Å². The van der Waals surface area contributed by atoms with Gasteiger partial charge in [-0.25, -0.2) is 0 Å². The van der Waals surface area contributed by atoms with Crippen molar-refractivity contribution in [1.29, 1.82) is 5.41 Å². The SMILES string of the molecule is N=C1C(=Cc2ccc(-c3ccc(Cl)cc3Cl)o2)C(=O)N=C2SC(c3ccccc3)=NN12. The number of thioether (sulfide) groups is 1. The van der Waals surface area contributed by atoms with Crippen molar-refractivity contribution in [2.75, 3.05) is 0 Å². The maximum atomic E-state index is 12.6. The van der Waals surface area contributed by atoms with Crippen LogP contribution in [0.15, 0.2) is 80.7 Å². The number of nitrogens with zero attached hydrogens (tertiary/aromatic N) is 3. The first-order valence-corrected chi connectivity index (χ1v) is 10.7. The molecule has 1 aromatic heterocycles. The van der Waals surface area contributed by atoms with Gasteiger partial charge in [-0.15, -0.1) is 0 Å².